The van der Waals surface area contributed by atoms with Crippen LogP contribution in [0.5, 0.6) is 0 Å². The molecule has 89 heavy (non-hydrogen) atoms. The SMILES string of the molecule is CC(C)(C)c1ccc(N2B3c4sc5ccc(C(C)(C)C)cc5c4N(c4ccc(C(C)(C)C)cc4-c4ccccc4)c4cc5c(oc6ccccc65)c(c43)-c3cc4c(cc32)oc2cc(N(c3ccc(C(C)(C)C)cc3)c3ccc(C(C)(C)C)cc3)ccc24)cc1. The fraction of sp³-hybridized carbons (Fsp3) is 0.244. The van der Waals surface area contributed by atoms with Crippen molar-refractivity contribution in [2.45, 2.75) is 131 Å². The third-order valence-electron chi connectivity index (χ3n) is 19.0. The van der Waals surface area contributed by atoms with Crippen LogP contribution in [0.25, 0.3) is 76.2 Å². The zero-order chi connectivity index (χ0) is 62.0. The van der Waals surface area contributed by atoms with Gasteiger partial charge in [-0.05, 0) is 157 Å². The van der Waals surface area contributed by atoms with Gasteiger partial charge in [0.25, 0.3) is 0 Å². The lowest BCUT2D eigenvalue weighted by atomic mass is 9.46. The van der Waals surface area contributed by atoms with Crippen LogP contribution in [0, 0.1) is 0 Å². The van der Waals surface area contributed by atoms with Crippen molar-refractivity contribution in [1.82, 2.24) is 0 Å². The lowest BCUT2D eigenvalue weighted by Gasteiger charge is -2.45. The molecule has 0 aliphatic carbocycles. The topological polar surface area (TPSA) is 36.0 Å². The van der Waals surface area contributed by atoms with Gasteiger partial charge in [-0.2, -0.15) is 0 Å². The molecule has 15 rings (SSSR count). The summed E-state index contributed by atoms with van der Waals surface area (Å²) in [5.41, 5.74) is 24.4. The predicted octanol–water partition coefficient (Wildman–Crippen LogP) is 23.0. The fourth-order valence-electron chi connectivity index (χ4n) is 13.9. The molecule has 0 N–H and O–H groups in total. The first-order valence-corrected chi connectivity index (χ1v) is 32.6. The predicted molar refractivity (Wildman–Crippen MR) is 384 cm³/mol. The van der Waals surface area contributed by atoms with E-state index in [2.05, 4.69) is 319 Å². The molecule has 3 aromatic heterocycles. The molecule has 5 nitrogen and oxygen atoms in total. The van der Waals surface area contributed by atoms with Crippen LogP contribution >= 0.6 is 11.3 Å². The Morgan fingerprint density at radius 3 is 1.55 bits per heavy atom. The molecule has 0 atom stereocenters. The van der Waals surface area contributed by atoms with Crippen LogP contribution in [0.4, 0.5) is 45.5 Å². The lowest BCUT2D eigenvalue weighted by molar-refractivity contribution is 0.590. The van der Waals surface area contributed by atoms with Gasteiger partial charge in [-0.15, -0.1) is 11.3 Å². The summed E-state index contributed by atoms with van der Waals surface area (Å²) in [7, 11) is 0. The zero-order valence-corrected chi connectivity index (χ0v) is 55.0. The number of benzene rings is 10. The number of hydrogen-bond donors (Lipinski definition) is 0. The summed E-state index contributed by atoms with van der Waals surface area (Å²) in [6.07, 6.45) is 0. The molecular formula is C82H78BN3O2S. The highest BCUT2D eigenvalue weighted by molar-refractivity contribution is 7.32. The molecular weight excluding hydrogens is 1100 g/mol. The van der Waals surface area contributed by atoms with Crippen molar-refractivity contribution in [2.75, 3.05) is 14.6 Å². The Morgan fingerprint density at radius 1 is 0.382 bits per heavy atom. The van der Waals surface area contributed by atoms with Crippen LogP contribution in [0.1, 0.15) is 132 Å². The highest BCUT2D eigenvalue weighted by Gasteiger charge is 2.49. The van der Waals surface area contributed by atoms with Crippen LogP contribution < -0.4 is 24.9 Å². The Balaban J connectivity index is 1.04. The van der Waals surface area contributed by atoms with E-state index in [-0.39, 0.29) is 33.9 Å². The molecule has 2 aliphatic rings. The maximum atomic E-state index is 7.36. The average Bonchev–Trinajstić information content (AvgIpc) is 1.67. The van der Waals surface area contributed by atoms with Crippen molar-refractivity contribution in [3.8, 4) is 22.3 Å². The van der Waals surface area contributed by atoms with Gasteiger partial charge in [0, 0.05) is 99.4 Å². The molecule has 0 saturated carbocycles. The molecule has 0 unspecified atom stereocenters. The molecule has 5 heterocycles. The van der Waals surface area contributed by atoms with Gasteiger partial charge in [-0.3, -0.25) is 0 Å². The highest BCUT2D eigenvalue weighted by Crippen LogP contribution is 2.56. The van der Waals surface area contributed by atoms with E-state index in [4.69, 9.17) is 8.83 Å². The first-order chi connectivity index (χ1) is 42.3. The van der Waals surface area contributed by atoms with Gasteiger partial charge < -0.3 is 23.4 Å². The summed E-state index contributed by atoms with van der Waals surface area (Å²) >= 11 is 1.93. The molecule has 0 radical (unpaired) electrons. The van der Waals surface area contributed by atoms with Crippen LogP contribution in [0.2, 0.25) is 0 Å². The number of furan rings is 2. The molecule has 0 amide bonds. The normalized spacial score (nSPS) is 13.7. The van der Waals surface area contributed by atoms with E-state index in [0.717, 1.165) is 94.8 Å². The van der Waals surface area contributed by atoms with E-state index >= 15 is 0 Å². The minimum Gasteiger partial charge on any atom is -0.456 e. The van der Waals surface area contributed by atoms with Gasteiger partial charge in [-0.25, -0.2) is 0 Å². The second-order valence-corrected chi connectivity index (χ2v) is 31.3. The maximum absolute atomic E-state index is 7.36. The lowest BCUT2D eigenvalue weighted by Crippen LogP contribution is -2.60. The van der Waals surface area contributed by atoms with Gasteiger partial charge >= 0.3 is 6.85 Å². The van der Waals surface area contributed by atoms with E-state index in [1.165, 1.54) is 65.0 Å². The largest absolute Gasteiger partial charge is 0.456 e. The smallest absolute Gasteiger partial charge is 0.343 e. The monoisotopic (exact) mass is 1180 g/mol. The third kappa shape index (κ3) is 9.31. The van der Waals surface area contributed by atoms with E-state index in [1.54, 1.807) is 0 Å². The third-order valence-corrected chi connectivity index (χ3v) is 20.2. The number of hydrogen-bond acceptors (Lipinski definition) is 6. The molecule has 13 aromatic rings. The van der Waals surface area contributed by atoms with Gasteiger partial charge in [0.15, 0.2) is 0 Å². The number of nitrogens with zero attached hydrogens (tertiary/aromatic N) is 3. The standard InChI is InChI=1S/C82H78BN3O2S/c1-78(2,3)50-25-33-55(34-26-50)84(56-35-27-51(28-36-56)79(4,5)6)58-39-40-60-62-46-64-67(48-71(62)87-70(60)45-58)86(57-37-29-52(30-38-57)80(7,8)9)83-74-68(47-63-59-23-19-20-24-69(59)88-76(63)73(64)74)85(75-65-44-54(82(13,14)15)32-42-72(65)89-77(75)83)66-41-31-53(81(10,11)12)43-61(66)49-21-17-16-18-22-49/h16-48H,1-15H3. The molecule has 442 valence electrons. The Bertz CT molecular complexity index is 4920. The first-order valence-electron chi connectivity index (χ1n) is 31.7. The van der Waals surface area contributed by atoms with Gasteiger partial charge in [-0.1, -0.05) is 201 Å². The minimum atomic E-state index is -0.266. The Kier molecular flexibility index (Phi) is 12.7. The maximum Gasteiger partial charge on any atom is 0.343 e. The number of rotatable bonds is 6. The van der Waals surface area contributed by atoms with E-state index in [0.29, 0.717) is 0 Å². The summed E-state index contributed by atoms with van der Waals surface area (Å²) in [4.78, 5) is 7.67. The molecule has 0 spiro atoms. The quantitative estimate of drug-likeness (QED) is 0.155. The van der Waals surface area contributed by atoms with E-state index in [1.807, 2.05) is 11.3 Å². The number of para-hydroxylation sites is 1. The van der Waals surface area contributed by atoms with Gasteiger partial charge in [0.05, 0.1) is 11.4 Å². The van der Waals surface area contributed by atoms with Crippen LogP contribution in [0.15, 0.2) is 209 Å². The van der Waals surface area contributed by atoms with E-state index in [9.17, 15) is 0 Å². The molecule has 0 bridgehead atoms. The summed E-state index contributed by atoms with van der Waals surface area (Å²) in [5.74, 6) is 0. The summed E-state index contributed by atoms with van der Waals surface area (Å²) in [6, 6.07) is 75.7. The average molecular weight is 1180 g/mol. The molecule has 0 saturated heterocycles. The van der Waals surface area contributed by atoms with Gasteiger partial charge in [0.1, 0.15) is 22.3 Å². The number of fused-ring (bicyclic) bond motifs is 13. The van der Waals surface area contributed by atoms with Crippen molar-refractivity contribution >= 4 is 128 Å². The number of anilines is 8. The molecule has 7 heteroatoms. The summed E-state index contributed by atoms with van der Waals surface area (Å²) in [6.45, 7) is 34.3. The van der Waals surface area contributed by atoms with Crippen LogP contribution in [0.3, 0.4) is 0 Å². The Morgan fingerprint density at radius 2 is 0.921 bits per heavy atom. The minimum absolute atomic E-state index is 0.0194. The van der Waals surface area contributed by atoms with Crippen molar-refractivity contribution < 1.29 is 8.83 Å². The molecule has 0 fully saturated rings. The molecule has 2 aliphatic heterocycles. The highest BCUT2D eigenvalue weighted by atomic mass is 32.1. The Labute approximate surface area is 529 Å². The zero-order valence-electron chi connectivity index (χ0n) is 54.2. The molecule has 10 aromatic carbocycles. The fourth-order valence-corrected chi connectivity index (χ4v) is 15.2. The van der Waals surface area contributed by atoms with Crippen molar-refractivity contribution in [3.05, 3.63) is 228 Å². The summed E-state index contributed by atoms with van der Waals surface area (Å²) < 4.78 is 17.2. The van der Waals surface area contributed by atoms with Crippen LogP contribution in [-0.4, -0.2) is 6.85 Å². The van der Waals surface area contributed by atoms with Gasteiger partial charge in [0.2, 0.25) is 0 Å². The second kappa shape index (κ2) is 19.9. The summed E-state index contributed by atoms with van der Waals surface area (Å²) in [5, 5.41) is 5.54. The first kappa shape index (κ1) is 56.7. The van der Waals surface area contributed by atoms with Crippen LogP contribution in [-0.2, 0) is 27.1 Å². The van der Waals surface area contributed by atoms with Crippen molar-refractivity contribution in [3.63, 3.8) is 0 Å². The Hall–Kier alpha value is -8.78. The van der Waals surface area contributed by atoms with E-state index < -0.39 is 0 Å². The van der Waals surface area contributed by atoms with Crippen molar-refractivity contribution in [1.29, 1.82) is 0 Å². The second-order valence-electron chi connectivity index (χ2n) is 30.3. The van der Waals surface area contributed by atoms with Crippen molar-refractivity contribution in [2.24, 2.45) is 0 Å². The number of thiophene rings is 1.